The molecule has 0 N–H and O–H groups in total. The number of hydrogen-bond donors (Lipinski definition) is 0. The highest BCUT2D eigenvalue weighted by Gasteiger charge is 2.39. The molecule has 7 nitrogen and oxygen atoms in total. The molecule has 2 aliphatic carbocycles. The Morgan fingerprint density at radius 3 is 2.68 bits per heavy atom. The lowest BCUT2D eigenvalue weighted by Crippen LogP contribution is -2.36. The third-order valence-electron chi connectivity index (χ3n) is 5.24. The van der Waals surface area contributed by atoms with Gasteiger partial charge in [-0.15, -0.1) is 0 Å². The van der Waals surface area contributed by atoms with Crippen LogP contribution in [0.15, 0.2) is 29.8 Å². The molecule has 0 spiro atoms. The predicted molar refractivity (Wildman–Crippen MR) is 104 cm³/mol. The molecule has 0 saturated heterocycles. The number of benzene rings is 1. The first-order chi connectivity index (χ1) is 14.9. The zero-order chi connectivity index (χ0) is 22.4. The van der Waals surface area contributed by atoms with Gasteiger partial charge in [0.05, 0.1) is 19.8 Å². The molecule has 2 atom stereocenters. The number of hydrogen-bond acceptors (Lipinski definition) is 7. The highest BCUT2D eigenvalue weighted by Crippen LogP contribution is 2.39. The Morgan fingerprint density at radius 2 is 2.06 bits per heavy atom. The number of esters is 1. The van der Waals surface area contributed by atoms with Crippen molar-refractivity contribution in [1.29, 1.82) is 5.26 Å². The number of carbonyl (C=O) groups excluding carboxylic acids is 1. The maximum absolute atomic E-state index is 12.8. The number of nitriles is 1. The second-order valence-corrected chi connectivity index (χ2v) is 7.57. The van der Waals surface area contributed by atoms with E-state index in [0.29, 0.717) is 36.5 Å². The van der Waals surface area contributed by atoms with E-state index in [4.69, 9.17) is 18.9 Å². The summed E-state index contributed by atoms with van der Waals surface area (Å²) in [6.07, 6.45) is 3.69. The first kappa shape index (κ1) is 23.0. The number of ether oxygens (including phenoxy) is 5. The Kier molecular flexibility index (Phi) is 7.46. The molecule has 0 bridgehead atoms. The Balaban J connectivity index is 1.81. The Hall–Kier alpha value is -2.70. The molecule has 0 aliphatic heterocycles. The number of methoxy groups -OCH3 is 2. The lowest BCUT2D eigenvalue weighted by Gasteiger charge is -2.33. The molecule has 168 valence electrons. The second-order valence-electron chi connectivity index (χ2n) is 7.57. The minimum absolute atomic E-state index is 0.0493. The molecule has 3 rings (SSSR count). The summed E-state index contributed by atoms with van der Waals surface area (Å²) in [5.41, 5.74) is -0.468. The van der Waals surface area contributed by atoms with Gasteiger partial charge in [-0.2, -0.15) is 14.0 Å². The highest BCUT2D eigenvalue weighted by atomic mass is 19.3. The number of halogens is 2. The van der Waals surface area contributed by atoms with Gasteiger partial charge in [0.1, 0.15) is 0 Å². The van der Waals surface area contributed by atoms with Crippen molar-refractivity contribution in [3.63, 3.8) is 0 Å². The maximum atomic E-state index is 12.8. The van der Waals surface area contributed by atoms with Crippen molar-refractivity contribution in [2.45, 2.75) is 50.6 Å². The van der Waals surface area contributed by atoms with Crippen molar-refractivity contribution in [3.05, 3.63) is 35.4 Å². The van der Waals surface area contributed by atoms with E-state index in [9.17, 15) is 18.8 Å². The van der Waals surface area contributed by atoms with E-state index in [-0.39, 0.29) is 17.9 Å². The SMILES string of the molecule is COC(=O)C1=CCCC(C#N)(OC(OC)c2ccc(OC(F)F)c(OCC3CC3)c2)C1. The van der Waals surface area contributed by atoms with Crippen LogP contribution in [-0.2, 0) is 19.0 Å². The van der Waals surface area contributed by atoms with Gasteiger partial charge in [-0.25, -0.2) is 4.79 Å². The van der Waals surface area contributed by atoms with Gasteiger partial charge in [0, 0.05) is 24.7 Å². The minimum atomic E-state index is -2.99. The van der Waals surface area contributed by atoms with Gasteiger partial charge in [-0.1, -0.05) is 6.08 Å². The molecule has 0 radical (unpaired) electrons. The monoisotopic (exact) mass is 437 g/mol. The minimum Gasteiger partial charge on any atom is -0.489 e. The van der Waals surface area contributed by atoms with E-state index >= 15 is 0 Å². The van der Waals surface area contributed by atoms with Gasteiger partial charge in [-0.05, 0) is 49.8 Å². The van der Waals surface area contributed by atoms with Crippen LogP contribution >= 0.6 is 0 Å². The van der Waals surface area contributed by atoms with Crippen molar-refractivity contribution in [1.82, 2.24) is 0 Å². The molecule has 2 unspecified atom stereocenters. The summed E-state index contributed by atoms with van der Waals surface area (Å²) < 4.78 is 52.0. The number of alkyl halides is 2. The topological polar surface area (TPSA) is 87.0 Å². The van der Waals surface area contributed by atoms with Crippen molar-refractivity contribution in [2.75, 3.05) is 20.8 Å². The van der Waals surface area contributed by atoms with Crippen LogP contribution in [0.3, 0.4) is 0 Å². The molecule has 1 aromatic carbocycles. The van der Waals surface area contributed by atoms with Crippen LogP contribution in [0.2, 0.25) is 0 Å². The van der Waals surface area contributed by atoms with E-state index < -0.39 is 24.5 Å². The third kappa shape index (κ3) is 5.93. The fraction of sp³-hybridized carbons (Fsp3) is 0.545. The summed E-state index contributed by atoms with van der Waals surface area (Å²) in [5, 5.41) is 9.82. The zero-order valence-electron chi connectivity index (χ0n) is 17.4. The van der Waals surface area contributed by atoms with Gasteiger partial charge in [0.2, 0.25) is 0 Å². The lowest BCUT2D eigenvalue weighted by atomic mass is 9.85. The summed E-state index contributed by atoms with van der Waals surface area (Å²) in [5.74, 6) is -0.0377. The first-order valence-corrected chi connectivity index (χ1v) is 10.0. The molecule has 1 fully saturated rings. The molecule has 9 heteroatoms. The normalized spacial score (nSPS) is 21.7. The van der Waals surface area contributed by atoms with Gasteiger partial charge < -0.3 is 23.7 Å². The highest BCUT2D eigenvalue weighted by molar-refractivity contribution is 5.88. The van der Waals surface area contributed by atoms with Crippen LogP contribution in [0, 0.1) is 17.2 Å². The van der Waals surface area contributed by atoms with Crippen LogP contribution in [0.25, 0.3) is 0 Å². The van der Waals surface area contributed by atoms with Crippen molar-refractivity contribution in [2.24, 2.45) is 5.92 Å². The molecular weight excluding hydrogens is 412 g/mol. The first-order valence-electron chi connectivity index (χ1n) is 10.0. The zero-order valence-corrected chi connectivity index (χ0v) is 17.4. The lowest BCUT2D eigenvalue weighted by molar-refractivity contribution is -0.188. The largest absolute Gasteiger partial charge is 0.489 e. The van der Waals surface area contributed by atoms with Crippen LogP contribution in [0.4, 0.5) is 8.78 Å². The van der Waals surface area contributed by atoms with E-state index in [0.717, 1.165) is 12.8 Å². The van der Waals surface area contributed by atoms with Crippen LogP contribution in [0.1, 0.15) is 44.0 Å². The average molecular weight is 437 g/mol. The van der Waals surface area contributed by atoms with Gasteiger partial charge >= 0.3 is 12.6 Å². The second kappa shape index (κ2) is 10.1. The van der Waals surface area contributed by atoms with Gasteiger partial charge in [-0.3, -0.25) is 0 Å². The standard InChI is InChI=1S/C22H25F2NO6/c1-27-19(26)16-4-3-9-22(11-16,13-25)31-20(28-2)15-7-8-17(30-21(23)24)18(10-15)29-12-14-5-6-14/h4,7-8,10,14,20-21H,3,5-6,9,11-12H2,1-2H3. The molecule has 0 aromatic heterocycles. The smallest absolute Gasteiger partial charge is 0.387 e. The summed E-state index contributed by atoms with van der Waals surface area (Å²) >= 11 is 0. The molecule has 0 amide bonds. The molecule has 0 heterocycles. The number of nitrogens with zero attached hydrogens (tertiary/aromatic N) is 1. The molecular formula is C22H25F2NO6. The Bertz CT molecular complexity index is 864. The predicted octanol–water partition coefficient (Wildman–Crippen LogP) is 4.28. The fourth-order valence-electron chi connectivity index (χ4n) is 3.38. The van der Waals surface area contributed by atoms with Gasteiger partial charge in [0.25, 0.3) is 0 Å². The molecule has 1 aromatic rings. The van der Waals surface area contributed by atoms with Crippen molar-refractivity contribution >= 4 is 5.97 Å². The maximum Gasteiger partial charge on any atom is 0.387 e. The van der Waals surface area contributed by atoms with E-state index in [2.05, 4.69) is 10.8 Å². The number of rotatable bonds is 10. The van der Waals surface area contributed by atoms with Crippen molar-refractivity contribution in [3.8, 4) is 17.6 Å². The number of allylic oxidation sites excluding steroid dienone is 1. The quantitative estimate of drug-likeness (QED) is 0.399. The van der Waals surface area contributed by atoms with Crippen LogP contribution in [0.5, 0.6) is 11.5 Å². The van der Waals surface area contributed by atoms with Crippen LogP contribution in [-0.4, -0.2) is 39.0 Å². The van der Waals surface area contributed by atoms with Crippen molar-refractivity contribution < 1.29 is 37.3 Å². The third-order valence-corrected chi connectivity index (χ3v) is 5.24. The van der Waals surface area contributed by atoms with Gasteiger partial charge in [0.15, 0.2) is 23.4 Å². The molecule has 2 aliphatic rings. The Labute approximate surface area is 179 Å². The van der Waals surface area contributed by atoms with E-state index in [1.54, 1.807) is 6.08 Å². The average Bonchev–Trinajstić information content (AvgIpc) is 3.60. The van der Waals surface area contributed by atoms with E-state index in [1.807, 2.05) is 0 Å². The molecule has 1 saturated carbocycles. The number of carbonyl (C=O) groups is 1. The fourth-order valence-corrected chi connectivity index (χ4v) is 3.38. The summed E-state index contributed by atoms with van der Waals surface area (Å²) in [6.45, 7) is -2.59. The molecule has 31 heavy (non-hydrogen) atoms. The Morgan fingerprint density at radius 1 is 1.29 bits per heavy atom. The summed E-state index contributed by atoms with van der Waals surface area (Å²) in [7, 11) is 2.68. The van der Waals surface area contributed by atoms with E-state index in [1.165, 1.54) is 32.4 Å². The summed E-state index contributed by atoms with van der Waals surface area (Å²) in [6, 6.07) is 6.54. The van der Waals surface area contributed by atoms with Crippen LogP contribution < -0.4 is 9.47 Å². The summed E-state index contributed by atoms with van der Waals surface area (Å²) in [4.78, 5) is 11.9.